The Morgan fingerprint density at radius 3 is 2.70 bits per heavy atom. The molecule has 1 heterocycles. The van der Waals surface area contributed by atoms with Gasteiger partial charge >= 0.3 is 0 Å². The SMILES string of the molecule is C=CCOc1ccc(CNCCCSc2nnnn2-c2ccccc2)cc1. The Bertz CT molecular complexity index is 820. The van der Waals surface area contributed by atoms with Gasteiger partial charge in [-0.3, -0.25) is 0 Å². The monoisotopic (exact) mass is 381 g/mol. The van der Waals surface area contributed by atoms with Crippen LogP contribution < -0.4 is 10.1 Å². The van der Waals surface area contributed by atoms with Gasteiger partial charge in [-0.05, 0) is 53.2 Å². The molecular weight excluding hydrogens is 358 g/mol. The lowest BCUT2D eigenvalue weighted by Crippen LogP contribution is -2.15. The predicted octanol–water partition coefficient (Wildman–Crippen LogP) is 3.50. The molecule has 3 aromatic rings. The first-order valence-electron chi connectivity index (χ1n) is 8.87. The van der Waals surface area contributed by atoms with E-state index in [1.807, 2.05) is 42.5 Å². The maximum Gasteiger partial charge on any atom is 0.214 e. The van der Waals surface area contributed by atoms with Gasteiger partial charge in [-0.15, -0.1) is 5.10 Å². The predicted molar refractivity (Wildman–Crippen MR) is 108 cm³/mol. The number of aromatic nitrogens is 4. The van der Waals surface area contributed by atoms with Gasteiger partial charge in [0.05, 0.1) is 5.69 Å². The fourth-order valence-electron chi connectivity index (χ4n) is 2.45. The number of tetrazole rings is 1. The highest BCUT2D eigenvalue weighted by Gasteiger charge is 2.07. The van der Waals surface area contributed by atoms with Crippen LogP contribution in [0.3, 0.4) is 0 Å². The van der Waals surface area contributed by atoms with E-state index < -0.39 is 0 Å². The van der Waals surface area contributed by atoms with Crippen LogP contribution in [0.4, 0.5) is 0 Å². The lowest BCUT2D eigenvalue weighted by molar-refractivity contribution is 0.363. The van der Waals surface area contributed by atoms with E-state index in [9.17, 15) is 0 Å². The van der Waals surface area contributed by atoms with Crippen molar-refractivity contribution in [3.8, 4) is 11.4 Å². The molecule has 0 aliphatic heterocycles. The molecule has 1 N–H and O–H groups in total. The summed E-state index contributed by atoms with van der Waals surface area (Å²) in [6.45, 7) is 5.96. The molecule has 0 amide bonds. The van der Waals surface area contributed by atoms with E-state index in [2.05, 4.69) is 39.6 Å². The number of para-hydroxylation sites is 1. The summed E-state index contributed by atoms with van der Waals surface area (Å²) in [4.78, 5) is 0. The highest BCUT2D eigenvalue weighted by molar-refractivity contribution is 7.99. The summed E-state index contributed by atoms with van der Waals surface area (Å²) in [5, 5.41) is 16.3. The normalized spacial score (nSPS) is 10.7. The van der Waals surface area contributed by atoms with Crippen LogP contribution in [0, 0.1) is 0 Å². The van der Waals surface area contributed by atoms with Crippen molar-refractivity contribution in [2.45, 2.75) is 18.1 Å². The van der Waals surface area contributed by atoms with Crippen LogP contribution in [-0.2, 0) is 6.54 Å². The number of thioether (sulfide) groups is 1. The molecule has 0 unspecified atom stereocenters. The second-order valence-corrected chi connectivity index (χ2v) is 6.89. The van der Waals surface area contributed by atoms with Crippen molar-refractivity contribution >= 4 is 11.8 Å². The van der Waals surface area contributed by atoms with E-state index in [0.717, 1.165) is 41.9 Å². The molecule has 6 nitrogen and oxygen atoms in total. The molecule has 1 aromatic heterocycles. The van der Waals surface area contributed by atoms with Gasteiger partial charge in [0.25, 0.3) is 0 Å². The fourth-order valence-corrected chi connectivity index (χ4v) is 3.28. The number of ether oxygens (including phenoxy) is 1. The molecule has 0 spiro atoms. The maximum absolute atomic E-state index is 5.49. The first-order valence-corrected chi connectivity index (χ1v) is 9.85. The van der Waals surface area contributed by atoms with Gasteiger partial charge in [0.2, 0.25) is 5.16 Å². The minimum Gasteiger partial charge on any atom is -0.490 e. The summed E-state index contributed by atoms with van der Waals surface area (Å²) in [6.07, 6.45) is 2.78. The van der Waals surface area contributed by atoms with E-state index in [1.54, 1.807) is 22.5 Å². The molecule has 0 saturated carbocycles. The van der Waals surface area contributed by atoms with Gasteiger partial charge < -0.3 is 10.1 Å². The van der Waals surface area contributed by atoms with Crippen LogP contribution in [0.5, 0.6) is 5.75 Å². The first-order chi connectivity index (χ1) is 13.4. The van der Waals surface area contributed by atoms with Gasteiger partial charge in [0.15, 0.2) is 0 Å². The van der Waals surface area contributed by atoms with Crippen LogP contribution in [-0.4, -0.2) is 39.1 Å². The van der Waals surface area contributed by atoms with Gasteiger partial charge in [-0.2, -0.15) is 4.68 Å². The Morgan fingerprint density at radius 2 is 1.93 bits per heavy atom. The van der Waals surface area contributed by atoms with Crippen molar-refractivity contribution in [2.24, 2.45) is 0 Å². The number of hydrogen-bond acceptors (Lipinski definition) is 6. The van der Waals surface area contributed by atoms with Crippen molar-refractivity contribution in [2.75, 3.05) is 18.9 Å². The van der Waals surface area contributed by atoms with Crippen LogP contribution in [0.15, 0.2) is 72.4 Å². The molecule has 0 radical (unpaired) electrons. The van der Waals surface area contributed by atoms with Crippen molar-refractivity contribution in [1.82, 2.24) is 25.5 Å². The topological polar surface area (TPSA) is 64.9 Å². The van der Waals surface area contributed by atoms with Crippen molar-refractivity contribution in [1.29, 1.82) is 0 Å². The second-order valence-electron chi connectivity index (χ2n) is 5.83. The smallest absolute Gasteiger partial charge is 0.214 e. The Balaban J connectivity index is 1.36. The van der Waals surface area contributed by atoms with Crippen LogP contribution in [0.1, 0.15) is 12.0 Å². The molecule has 0 bridgehead atoms. The molecule has 2 aromatic carbocycles. The summed E-state index contributed by atoms with van der Waals surface area (Å²) >= 11 is 1.67. The van der Waals surface area contributed by atoms with E-state index in [0.29, 0.717) is 6.61 Å². The van der Waals surface area contributed by atoms with Gasteiger partial charge in [-0.25, -0.2) is 0 Å². The molecule has 27 heavy (non-hydrogen) atoms. The van der Waals surface area contributed by atoms with Crippen molar-refractivity contribution < 1.29 is 4.74 Å². The Labute approximate surface area is 163 Å². The average Bonchev–Trinajstić information content (AvgIpc) is 3.19. The Morgan fingerprint density at radius 1 is 1.11 bits per heavy atom. The minimum atomic E-state index is 0.531. The molecular formula is C20H23N5OS. The van der Waals surface area contributed by atoms with E-state index in [4.69, 9.17) is 4.74 Å². The highest BCUT2D eigenvalue weighted by Crippen LogP contribution is 2.18. The molecule has 0 fully saturated rings. The number of hydrogen-bond donors (Lipinski definition) is 1. The number of benzene rings is 2. The summed E-state index contributed by atoms with van der Waals surface area (Å²) in [5.74, 6) is 1.82. The van der Waals surface area contributed by atoms with Gasteiger partial charge in [0, 0.05) is 12.3 Å². The van der Waals surface area contributed by atoms with Gasteiger partial charge in [0.1, 0.15) is 12.4 Å². The fraction of sp³-hybridized carbons (Fsp3) is 0.250. The third kappa shape index (κ3) is 5.94. The highest BCUT2D eigenvalue weighted by atomic mass is 32.2. The largest absolute Gasteiger partial charge is 0.490 e. The first kappa shape index (κ1) is 19.1. The van der Waals surface area contributed by atoms with E-state index in [1.165, 1.54) is 5.56 Å². The second kappa shape index (κ2) is 10.5. The molecule has 140 valence electrons. The third-order valence-corrected chi connectivity index (χ3v) is 4.80. The quantitative estimate of drug-likeness (QED) is 0.312. The van der Waals surface area contributed by atoms with Crippen molar-refractivity contribution in [3.05, 3.63) is 72.8 Å². The standard InChI is InChI=1S/C20H23N5OS/c1-2-14-26-19-11-9-17(10-12-19)16-21-13-6-15-27-20-22-23-24-25(20)18-7-4-3-5-8-18/h2-5,7-12,21H,1,6,13-16H2. The number of nitrogens with one attached hydrogen (secondary N) is 1. The van der Waals surface area contributed by atoms with Crippen molar-refractivity contribution in [3.63, 3.8) is 0 Å². The third-order valence-electron chi connectivity index (χ3n) is 3.79. The maximum atomic E-state index is 5.49. The lowest BCUT2D eigenvalue weighted by atomic mass is 10.2. The molecule has 0 aliphatic rings. The zero-order chi connectivity index (χ0) is 18.7. The summed E-state index contributed by atoms with van der Waals surface area (Å²) < 4.78 is 7.26. The van der Waals surface area contributed by atoms with Crippen LogP contribution in [0.25, 0.3) is 5.69 Å². The number of nitrogens with zero attached hydrogens (tertiary/aromatic N) is 4. The lowest BCUT2D eigenvalue weighted by Gasteiger charge is -2.07. The molecule has 0 saturated heterocycles. The number of rotatable bonds is 11. The average molecular weight is 382 g/mol. The van der Waals surface area contributed by atoms with Gasteiger partial charge in [-0.1, -0.05) is 54.7 Å². The van der Waals surface area contributed by atoms with Crippen LogP contribution >= 0.6 is 11.8 Å². The molecule has 7 heteroatoms. The Hall–Kier alpha value is -2.64. The summed E-state index contributed by atoms with van der Waals surface area (Å²) in [5.41, 5.74) is 2.21. The van der Waals surface area contributed by atoms with Crippen LogP contribution in [0.2, 0.25) is 0 Å². The zero-order valence-electron chi connectivity index (χ0n) is 15.1. The molecule has 0 aliphatic carbocycles. The summed E-state index contributed by atoms with van der Waals surface area (Å²) in [6, 6.07) is 18.1. The minimum absolute atomic E-state index is 0.531. The molecule has 3 rings (SSSR count). The summed E-state index contributed by atoms with van der Waals surface area (Å²) in [7, 11) is 0. The zero-order valence-corrected chi connectivity index (χ0v) is 15.9. The Kier molecular flexibility index (Phi) is 7.44. The molecule has 0 atom stereocenters. The van der Waals surface area contributed by atoms with E-state index >= 15 is 0 Å². The van der Waals surface area contributed by atoms with E-state index in [-0.39, 0.29) is 0 Å².